The summed E-state index contributed by atoms with van der Waals surface area (Å²) in [7, 11) is -3.51. The average molecular weight is 345 g/mol. The van der Waals surface area contributed by atoms with E-state index >= 15 is 0 Å². The zero-order valence-electron chi connectivity index (χ0n) is 12.9. The molecule has 1 saturated heterocycles. The molecule has 1 aliphatic heterocycles. The molecule has 3 aromatic rings. The maximum Gasteiger partial charge on any atom is 0.243 e. The molecule has 7 heteroatoms. The van der Waals surface area contributed by atoms with Crippen molar-refractivity contribution >= 4 is 21.1 Å². The number of nitrogens with one attached hydrogen (secondary N) is 1. The summed E-state index contributed by atoms with van der Waals surface area (Å²) in [4.78, 5) is 7.34. The van der Waals surface area contributed by atoms with Crippen LogP contribution in [0.1, 0.15) is 12.8 Å². The number of nitrogens with zero attached hydrogens (tertiary/aromatic N) is 2. The van der Waals surface area contributed by atoms with Crippen LogP contribution in [0.4, 0.5) is 4.39 Å². The monoisotopic (exact) mass is 345 g/mol. The average Bonchev–Trinajstić information content (AvgIpc) is 3.25. The number of H-pyrrole nitrogens is 1. The highest BCUT2D eigenvalue weighted by molar-refractivity contribution is 7.89. The fourth-order valence-electron chi connectivity index (χ4n) is 3.14. The maximum atomic E-state index is 13.9. The highest BCUT2D eigenvalue weighted by Gasteiger charge is 2.27. The summed E-state index contributed by atoms with van der Waals surface area (Å²) in [5, 5.41) is 0. The van der Waals surface area contributed by atoms with Gasteiger partial charge in [-0.3, -0.25) is 0 Å². The molecular weight excluding hydrogens is 329 g/mol. The summed E-state index contributed by atoms with van der Waals surface area (Å²) in [6.45, 7) is 1.10. The molecule has 0 unspecified atom stereocenters. The van der Waals surface area contributed by atoms with Crippen LogP contribution in [0, 0.1) is 5.82 Å². The number of rotatable bonds is 3. The van der Waals surface area contributed by atoms with Gasteiger partial charge in [-0.2, -0.15) is 4.31 Å². The zero-order valence-corrected chi connectivity index (χ0v) is 13.7. The molecule has 0 aliphatic carbocycles. The third-order valence-corrected chi connectivity index (χ3v) is 6.23. The highest BCUT2D eigenvalue weighted by Crippen LogP contribution is 2.30. The quantitative estimate of drug-likeness (QED) is 0.793. The Morgan fingerprint density at radius 3 is 2.71 bits per heavy atom. The van der Waals surface area contributed by atoms with Crippen molar-refractivity contribution in [3.8, 4) is 11.1 Å². The Morgan fingerprint density at radius 2 is 1.92 bits per heavy atom. The molecule has 1 fully saturated rings. The van der Waals surface area contributed by atoms with Gasteiger partial charge in [-0.05, 0) is 42.7 Å². The fraction of sp³-hybridized carbons (Fsp3) is 0.235. The van der Waals surface area contributed by atoms with Crippen molar-refractivity contribution in [2.75, 3.05) is 13.1 Å². The second-order valence-electron chi connectivity index (χ2n) is 5.89. The second kappa shape index (κ2) is 5.68. The summed E-state index contributed by atoms with van der Waals surface area (Å²) >= 11 is 0. The third kappa shape index (κ3) is 2.50. The molecule has 1 aliphatic rings. The Morgan fingerprint density at radius 1 is 1.12 bits per heavy atom. The fourth-order valence-corrected chi connectivity index (χ4v) is 4.70. The van der Waals surface area contributed by atoms with Gasteiger partial charge in [-0.15, -0.1) is 0 Å². The van der Waals surface area contributed by atoms with Crippen LogP contribution in [0.3, 0.4) is 0 Å². The van der Waals surface area contributed by atoms with Crippen molar-refractivity contribution in [1.29, 1.82) is 0 Å². The van der Waals surface area contributed by atoms with Gasteiger partial charge in [0.05, 0.1) is 22.3 Å². The molecule has 0 bridgehead atoms. The molecule has 1 aromatic heterocycles. The lowest BCUT2D eigenvalue weighted by Crippen LogP contribution is -2.27. The molecular formula is C17H16FN3O2S. The van der Waals surface area contributed by atoms with E-state index in [1.54, 1.807) is 24.3 Å². The van der Waals surface area contributed by atoms with Gasteiger partial charge in [0.2, 0.25) is 10.0 Å². The Kier molecular flexibility index (Phi) is 3.62. The molecule has 0 atom stereocenters. The predicted molar refractivity (Wildman–Crippen MR) is 89.5 cm³/mol. The first kappa shape index (κ1) is 15.3. The second-order valence-corrected chi connectivity index (χ2v) is 7.83. The van der Waals surface area contributed by atoms with E-state index in [1.807, 2.05) is 0 Å². The number of fused-ring (bicyclic) bond motifs is 1. The Hall–Kier alpha value is -2.25. The minimum atomic E-state index is -3.51. The number of hydrogen-bond acceptors (Lipinski definition) is 3. The predicted octanol–water partition coefficient (Wildman–Crippen LogP) is 3.15. The first-order valence-electron chi connectivity index (χ1n) is 7.79. The standard InChI is InChI=1S/C17H16FN3O2S/c18-13-9-15(17-16(10-13)19-11-20-17)12-4-3-5-14(8-12)24(22,23)21-6-1-2-7-21/h3-5,8-11H,1-2,6-7H2,(H,19,20). The highest BCUT2D eigenvalue weighted by atomic mass is 32.2. The van der Waals surface area contributed by atoms with Crippen molar-refractivity contribution in [3.05, 3.63) is 48.5 Å². The van der Waals surface area contributed by atoms with Gasteiger partial charge in [-0.1, -0.05) is 12.1 Å². The maximum absolute atomic E-state index is 13.9. The van der Waals surface area contributed by atoms with Crippen LogP contribution in [0.5, 0.6) is 0 Å². The molecule has 124 valence electrons. The third-order valence-electron chi connectivity index (χ3n) is 4.34. The van der Waals surface area contributed by atoms with E-state index in [-0.39, 0.29) is 4.90 Å². The normalized spacial score (nSPS) is 16.0. The van der Waals surface area contributed by atoms with Gasteiger partial charge in [0.25, 0.3) is 0 Å². The van der Waals surface area contributed by atoms with Crippen molar-refractivity contribution in [2.45, 2.75) is 17.7 Å². The lowest BCUT2D eigenvalue weighted by atomic mass is 10.0. The lowest BCUT2D eigenvalue weighted by molar-refractivity contribution is 0.477. The van der Waals surface area contributed by atoms with E-state index in [9.17, 15) is 12.8 Å². The van der Waals surface area contributed by atoms with E-state index in [0.717, 1.165) is 12.8 Å². The molecule has 1 N–H and O–H groups in total. The Labute approximate surface area is 139 Å². The minimum absolute atomic E-state index is 0.231. The topological polar surface area (TPSA) is 66.1 Å². The van der Waals surface area contributed by atoms with Gasteiger partial charge in [0.1, 0.15) is 5.82 Å². The molecule has 0 saturated carbocycles. The van der Waals surface area contributed by atoms with Crippen LogP contribution in [0.25, 0.3) is 22.2 Å². The smallest absolute Gasteiger partial charge is 0.243 e. The largest absolute Gasteiger partial charge is 0.344 e. The first-order chi connectivity index (χ1) is 11.6. The molecule has 24 heavy (non-hydrogen) atoms. The van der Waals surface area contributed by atoms with Gasteiger partial charge in [-0.25, -0.2) is 17.8 Å². The van der Waals surface area contributed by atoms with Gasteiger partial charge in [0, 0.05) is 18.7 Å². The van der Waals surface area contributed by atoms with Crippen LogP contribution in [-0.2, 0) is 10.0 Å². The van der Waals surface area contributed by atoms with Crippen molar-refractivity contribution in [3.63, 3.8) is 0 Å². The van der Waals surface area contributed by atoms with E-state index in [1.165, 1.54) is 22.8 Å². The van der Waals surface area contributed by atoms with Gasteiger partial charge >= 0.3 is 0 Å². The molecule has 5 nitrogen and oxygen atoms in total. The van der Waals surface area contributed by atoms with Crippen LogP contribution < -0.4 is 0 Å². The van der Waals surface area contributed by atoms with Crippen molar-refractivity contribution < 1.29 is 12.8 Å². The molecule has 2 aromatic carbocycles. The lowest BCUT2D eigenvalue weighted by Gasteiger charge is -2.16. The number of benzene rings is 2. The van der Waals surface area contributed by atoms with Crippen LogP contribution in [-0.4, -0.2) is 35.8 Å². The van der Waals surface area contributed by atoms with Crippen LogP contribution >= 0.6 is 0 Å². The molecule has 0 radical (unpaired) electrons. The number of aromatic amines is 1. The first-order valence-corrected chi connectivity index (χ1v) is 9.23. The number of hydrogen-bond donors (Lipinski definition) is 1. The van der Waals surface area contributed by atoms with Crippen LogP contribution in [0.15, 0.2) is 47.6 Å². The Bertz CT molecular complexity index is 1010. The van der Waals surface area contributed by atoms with E-state index in [4.69, 9.17) is 0 Å². The minimum Gasteiger partial charge on any atom is -0.344 e. The van der Waals surface area contributed by atoms with Crippen LogP contribution in [0.2, 0.25) is 0 Å². The molecule has 0 amide bonds. The van der Waals surface area contributed by atoms with Gasteiger partial charge < -0.3 is 4.98 Å². The zero-order chi connectivity index (χ0) is 16.7. The van der Waals surface area contributed by atoms with Crippen molar-refractivity contribution in [1.82, 2.24) is 14.3 Å². The summed E-state index contributed by atoms with van der Waals surface area (Å²) in [5.41, 5.74) is 2.40. The summed E-state index contributed by atoms with van der Waals surface area (Å²) in [6, 6.07) is 9.38. The number of sulfonamides is 1. The molecule has 4 rings (SSSR count). The summed E-state index contributed by atoms with van der Waals surface area (Å²) < 4.78 is 40.8. The molecule has 0 spiro atoms. The van der Waals surface area contributed by atoms with E-state index in [2.05, 4.69) is 9.97 Å². The number of imidazole rings is 1. The van der Waals surface area contributed by atoms with E-state index < -0.39 is 15.8 Å². The van der Waals surface area contributed by atoms with Crippen molar-refractivity contribution in [2.24, 2.45) is 0 Å². The SMILES string of the molecule is O=S(=O)(c1cccc(-c2cc(F)cc3[nH]cnc23)c1)N1CCCC1. The molecule has 2 heterocycles. The summed E-state index contributed by atoms with van der Waals surface area (Å²) in [6.07, 6.45) is 3.27. The number of halogens is 1. The number of aromatic nitrogens is 2. The van der Waals surface area contributed by atoms with Gasteiger partial charge in [0.15, 0.2) is 0 Å². The summed E-state index contributed by atoms with van der Waals surface area (Å²) in [5.74, 6) is -0.394. The Balaban J connectivity index is 1.84. The van der Waals surface area contributed by atoms with E-state index in [0.29, 0.717) is 35.2 Å².